The molecule has 1 heterocycles. The van der Waals surface area contributed by atoms with Gasteiger partial charge in [0.05, 0.1) is 26.4 Å². The molecule has 1 fully saturated rings. The Kier molecular flexibility index (Phi) is 4.93. The van der Waals surface area contributed by atoms with Gasteiger partial charge in [-0.1, -0.05) is 0 Å². The van der Waals surface area contributed by atoms with E-state index in [4.69, 9.17) is 14.2 Å². The topological polar surface area (TPSA) is 65.1 Å². The molecule has 0 aliphatic carbocycles. The van der Waals surface area contributed by atoms with Gasteiger partial charge in [-0.15, -0.1) is 0 Å². The van der Waals surface area contributed by atoms with Gasteiger partial charge in [0.15, 0.2) is 11.5 Å². The summed E-state index contributed by atoms with van der Waals surface area (Å²) in [5.74, 6) is -0.566. The summed E-state index contributed by atoms with van der Waals surface area (Å²) in [5.41, 5.74) is 0. The Morgan fingerprint density at radius 1 is 1.14 bits per heavy atom. The Balaban J connectivity index is 2.45. The Hall–Kier alpha value is -1.38. The standard InChI is InChI=1S/C14H20FNO5S/c1-9-7-16(8-10(2)21-9)22(17,18)14-6-13(20-4)12(19-3)5-11(14)15/h5-6,9-10H,7-8H2,1-4H3/t9-,10+. The van der Waals surface area contributed by atoms with Crippen LogP contribution >= 0.6 is 0 Å². The van der Waals surface area contributed by atoms with Gasteiger partial charge < -0.3 is 14.2 Å². The lowest BCUT2D eigenvalue weighted by Crippen LogP contribution is -2.48. The van der Waals surface area contributed by atoms with Crippen molar-refractivity contribution >= 4 is 10.0 Å². The van der Waals surface area contributed by atoms with Gasteiger partial charge >= 0.3 is 0 Å². The van der Waals surface area contributed by atoms with Crippen molar-refractivity contribution in [1.29, 1.82) is 0 Å². The Labute approximate surface area is 129 Å². The summed E-state index contributed by atoms with van der Waals surface area (Å²) in [4.78, 5) is -0.425. The molecular weight excluding hydrogens is 313 g/mol. The number of benzene rings is 1. The van der Waals surface area contributed by atoms with Crippen LogP contribution < -0.4 is 9.47 Å². The Morgan fingerprint density at radius 2 is 1.64 bits per heavy atom. The number of methoxy groups -OCH3 is 2. The first-order chi connectivity index (χ1) is 10.3. The fourth-order valence-electron chi connectivity index (χ4n) is 2.50. The molecule has 0 bridgehead atoms. The number of rotatable bonds is 4. The minimum Gasteiger partial charge on any atom is -0.493 e. The molecular formula is C14H20FNO5S. The highest BCUT2D eigenvalue weighted by molar-refractivity contribution is 7.89. The second-order valence-corrected chi connectivity index (χ2v) is 7.12. The van der Waals surface area contributed by atoms with E-state index in [1.54, 1.807) is 13.8 Å². The minimum atomic E-state index is -3.97. The van der Waals surface area contributed by atoms with E-state index in [1.807, 2.05) is 0 Å². The third kappa shape index (κ3) is 3.18. The maximum atomic E-state index is 14.2. The molecule has 6 nitrogen and oxygen atoms in total. The third-order valence-corrected chi connectivity index (χ3v) is 5.29. The van der Waals surface area contributed by atoms with Gasteiger partial charge in [0.25, 0.3) is 0 Å². The lowest BCUT2D eigenvalue weighted by atomic mass is 10.3. The second-order valence-electron chi connectivity index (χ2n) is 5.22. The summed E-state index contributed by atoms with van der Waals surface area (Å²) >= 11 is 0. The smallest absolute Gasteiger partial charge is 0.246 e. The number of hydrogen-bond donors (Lipinski definition) is 0. The summed E-state index contributed by atoms with van der Waals surface area (Å²) < 4.78 is 56.4. The van der Waals surface area contributed by atoms with E-state index in [1.165, 1.54) is 18.5 Å². The molecule has 1 saturated heterocycles. The van der Waals surface area contributed by atoms with Gasteiger partial charge in [0.1, 0.15) is 10.7 Å². The molecule has 1 aromatic rings. The van der Waals surface area contributed by atoms with Crippen LogP contribution in [-0.4, -0.2) is 52.2 Å². The molecule has 22 heavy (non-hydrogen) atoms. The van der Waals surface area contributed by atoms with Crippen molar-refractivity contribution in [2.45, 2.75) is 31.0 Å². The van der Waals surface area contributed by atoms with Crippen molar-refractivity contribution < 1.29 is 27.0 Å². The van der Waals surface area contributed by atoms with Crippen LogP contribution in [0.1, 0.15) is 13.8 Å². The van der Waals surface area contributed by atoms with Crippen LogP contribution in [0.4, 0.5) is 4.39 Å². The summed E-state index contributed by atoms with van der Waals surface area (Å²) in [6, 6.07) is 2.16. The van der Waals surface area contributed by atoms with E-state index in [2.05, 4.69) is 0 Å². The predicted octanol–water partition coefficient (Wildman–Crippen LogP) is 1.64. The lowest BCUT2D eigenvalue weighted by molar-refractivity contribution is -0.0441. The molecule has 0 radical (unpaired) electrons. The van der Waals surface area contributed by atoms with Crippen LogP contribution in [0.5, 0.6) is 11.5 Å². The zero-order valence-electron chi connectivity index (χ0n) is 13.0. The molecule has 0 saturated carbocycles. The normalized spacial score (nSPS) is 23.3. The van der Waals surface area contributed by atoms with Crippen molar-refractivity contribution in [2.24, 2.45) is 0 Å². The van der Waals surface area contributed by atoms with Gasteiger partial charge in [-0.2, -0.15) is 4.31 Å². The van der Waals surface area contributed by atoms with Crippen molar-refractivity contribution in [3.05, 3.63) is 17.9 Å². The molecule has 0 unspecified atom stereocenters. The molecule has 2 rings (SSSR count). The zero-order chi connectivity index (χ0) is 16.5. The van der Waals surface area contributed by atoms with Crippen LogP contribution in [0.15, 0.2) is 17.0 Å². The number of halogens is 1. The molecule has 0 aromatic heterocycles. The van der Waals surface area contributed by atoms with E-state index in [0.717, 1.165) is 12.1 Å². The summed E-state index contributed by atoms with van der Waals surface area (Å²) in [7, 11) is -1.25. The van der Waals surface area contributed by atoms with E-state index in [9.17, 15) is 12.8 Å². The average molecular weight is 333 g/mol. The maximum absolute atomic E-state index is 14.2. The van der Waals surface area contributed by atoms with Crippen LogP contribution in [0, 0.1) is 5.82 Å². The van der Waals surface area contributed by atoms with Crippen molar-refractivity contribution in [1.82, 2.24) is 4.31 Å². The van der Waals surface area contributed by atoms with Gasteiger partial charge in [0, 0.05) is 25.2 Å². The van der Waals surface area contributed by atoms with Crippen LogP contribution in [0.25, 0.3) is 0 Å². The van der Waals surface area contributed by atoms with Crippen LogP contribution in [0.2, 0.25) is 0 Å². The fourth-order valence-corrected chi connectivity index (χ4v) is 4.15. The van der Waals surface area contributed by atoms with Gasteiger partial charge in [-0.25, -0.2) is 12.8 Å². The molecule has 1 aromatic carbocycles. The number of sulfonamides is 1. The molecule has 2 atom stereocenters. The highest BCUT2D eigenvalue weighted by Gasteiger charge is 2.34. The minimum absolute atomic E-state index is 0.141. The molecule has 0 spiro atoms. The third-order valence-electron chi connectivity index (χ3n) is 3.44. The summed E-state index contributed by atoms with van der Waals surface area (Å²) in [5, 5.41) is 0. The highest BCUT2D eigenvalue weighted by atomic mass is 32.2. The molecule has 0 N–H and O–H groups in total. The highest BCUT2D eigenvalue weighted by Crippen LogP contribution is 2.33. The summed E-state index contributed by atoms with van der Waals surface area (Å²) in [6.45, 7) is 3.92. The van der Waals surface area contributed by atoms with Gasteiger partial charge in [-0.05, 0) is 13.8 Å². The Bertz CT molecular complexity index is 639. The first kappa shape index (κ1) is 17.0. The lowest BCUT2D eigenvalue weighted by Gasteiger charge is -2.34. The van der Waals surface area contributed by atoms with E-state index < -0.39 is 20.7 Å². The first-order valence-corrected chi connectivity index (χ1v) is 8.30. The number of hydrogen-bond acceptors (Lipinski definition) is 5. The number of ether oxygens (including phenoxy) is 3. The van der Waals surface area contributed by atoms with E-state index >= 15 is 0 Å². The molecule has 1 aliphatic heterocycles. The largest absolute Gasteiger partial charge is 0.493 e. The summed E-state index contributed by atoms with van der Waals surface area (Å²) in [6.07, 6.45) is -0.497. The van der Waals surface area contributed by atoms with Gasteiger partial charge in [0.2, 0.25) is 10.0 Å². The molecule has 124 valence electrons. The van der Waals surface area contributed by atoms with Crippen LogP contribution in [0.3, 0.4) is 0 Å². The first-order valence-electron chi connectivity index (χ1n) is 6.86. The van der Waals surface area contributed by atoms with Crippen molar-refractivity contribution in [2.75, 3.05) is 27.3 Å². The second kappa shape index (κ2) is 6.39. The number of morpholine rings is 1. The van der Waals surface area contributed by atoms with E-state index in [-0.39, 0.29) is 36.8 Å². The van der Waals surface area contributed by atoms with Gasteiger partial charge in [-0.3, -0.25) is 0 Å². The molecule has 0 amide bonds. The van der Waals surface area contributed by atoms with Crippen molar-refractivity contribution in [3.8, 4) is 11.5 Å². The SMILES string of the molecule is COc1cc(F)c(S(=O)(=O)N2C[C@@H](C)O[C@@H](C)C2)cc1OC. The molecule has 8 heteroatoms. The predicted molar refractivity (Wildman–Crippen MR) is 78.3 cm³/mol. The van der Waals surface area contributed by atoms with E-state index in [0.29, 0.717) is 0 Å². The average Bonchev–Trinajstić information content (AvgIpc) is 2.45. The monoisotopic (exact) mass is 333 g/mol. The van der Waals surface area contributed by atoms with Crippen LogP contribution in [-0.2, 0) is 14.8 Å². The van der Waals surface area contributed by atoms with Crippen molar-refractivity contribution in [3.63, 3.8) is 0 Å². The number of nitrogens with zero attached hydrogens (tertiary/aromatic N) is 1. The molecule has 1 aliphatic rings. The Morgan fingerprint density at radius 3 is 2.14 bits per heavy atom. The zero-order valence-corrected chi connectivity index (χ0v) is 13.8. The maximum Gasteiger partial charge on any atom is 0.246 e. The quantitative estimate of drug-likeness (QED) is 0.838. The fraction of sp³-hybridized carbons (Fsp3) is 0.571.